The Balaban J connectivity index is 2.74. The molecule has 0 aliphatic rings. The fourth-order valence-corrected chi connectivity index (χ4v) is 3.49. The Morgan fingerprint density at radius 2 is 1.90 bits per heavy atom. The van der Waals surface area contributed by atoms with E-state index in [4.69, 9.17) is 0 Å². The van der Waals surface area contributed by atoms with Crippen molar-refractivity contribution >= 4 is 25.5 Å². The molecule has 0 aliphatic carbocycles. The highest BCUT2D eigenvalue weighted by Gasteiger charge is 2.18. The van der Waals surface area contributed by atoms with Crippen molar-refractivity contribution in [3.63, 3.8) is 0 Å². The number of sulfone groups is 1. The van der Waals surface area contributed by atoms with E-state index < -0.39 is 19.9 Å². The third-order valence-corrected chi connectivity index (χ3v) is 5.14. The van der Waals surface area contributed by atoms with Gasteiger partial charge in [0.25, 0.3) is 0 Å². The molecule has 0 fully saturated rings. The number of nitrogens with zero attached hydrogens (tertiary/aromatic N) is 1. The van der Waals surface area contributed by atoms with Crippen molar-refractivity contribution < 1.29 is 16.8 Å². The number of nitrogens with one attached hydrogen (secondary N) is 2. The maximum Gasteiger partial charge on any atom is 0.244 e. The Morgan fingerprint density at radius 1 is 1.19 bits per heavy atom. The molecule has 0 aliphatic heterocycles. The van der Waals surface area contributed by atoms with Gasteiger partial charge in [-0.2, -0.15) is 0 Å². The van der Waals surface area contributed by atoms with E-state index in [1.807, 2.05) is 6.92 Å². The molecule has 0 amide bonds. The summed E-state index contributed by atoms with van der Waals surface area (Å²) >= 11 is 0. The summed E-state index contributed by atoms with van der Waals surface area (Å²) in [4.78, 5) is 3.90. The van der Waals surface area contributed by atoms with Crippen molar-refractivity contribution in [1.82, 2.24) is 9.71 Å². The predicted molar refractivity (Wildman–Crippen MR) is 82.5 cm³/mol. The monoisotopic (exact) mass is 335 g/mol. The molecule has 0 bridgehead atoms. The van der Waals surface area contributed by atoms with Crippen LogP contribution < -0.4 is 10.0 Å². The van der Waals surface area contributed by atoms with Gasteiger partial charge in [0, 0.05) is 31.7 Å². The Kier molecular flexibility index (Phi) is 6.56. The summed E-state index contributed by atoms with van der Waals surface area (Å²) in [7, 11) is -6.80. The van der Waals surface area contributed by atoms with Gasteiger partial charge in [0.15, 0.2) is 0 Å². The van der Waals surface area contributed by atoms with Gasteiger partial charge in [-0.25, -0.2) is 21.6 Å². The second-order valence-electron chi connectivity index (χ2n) is 4.68. The standard InChI is InChI=1S/C12H21N3O4S2/c1-3-6-14-11-5-8-13-10-12(11)21(18,19)15-7-4-9-20(2,16)17/h5,8,10,15H,3-4,6-7,9H2,1-2H3,(H,13,14). The fourth-order valence-electron chi connectivity index (χ4n) is 1.62. The summed E-state index contributed by atoms with van der Waals surface area (Å²) in [5.74, 6) is -0.0521. The summed E-state index contributed by atoms with van der Waals surface area (Å²) in [6.45, 7) is 2.70. The van der Waals surface area contributed by atoms with Gasteiger partial charge in [-0.1, -0.05) is 6.92 Å². The molecule has 2 N–H and O–H groups in total. The Bertz CT molecular complexity index is 657. The zero-order valence-electron chi connectivity index (χ0n) is 12.2. The van der Waals surface area contributed by atoms with Crippen LogP contribution >= 0.6 is 0 Å². The van der Waals surface area contributed by atoms with Crippen molar-refractivity contribution in [3.05, 3.63) is 18.5 Å². The molecule has 0 radical (unpaired) electrons. The second kappa shape index (κ2) is 7.71. The lowest BCUT2D eigenvalue weighted by Gasteiger charge is -2.12. The first-order valence-electron chi connectivity index (χ1n) is 6.61. The average molecular weight is 335 g/mol. The number of sulfonamides is 1. The Hall–Kier alpha value is -1.19. The molecular weight excluding hydrogens is 314 g/mol. The van der Waals surface area contributed by atoms with Crippen LogP contribution in [0.3, 0.4) is 0 Å². The lowest BCUT2D eigenvalue weighted by molar-refractivity contribution is 0.577. The first-order valence-corrected chi connectivity index (χ1v) is 10.2. The van der Waals surface area contributed by atoms with Crippen LogP contribution in [0.1, 0.15) is 19.8 Å². The molecule has 21 heavy (non-hydrogen) atoms. The third kappa shape index (κ3) is 6.40. The molecular formula is C12H21N3O4S2. The number of hydrogen-bond donors (Lipinski definition) is 2. The first-order chi connectivity index (χ1) is 9.76. The summed E-state index contributed by atoms with van der Waals surface area (Å²) in [5.41, 5.74) is 0.488. The van der Waals surface area contributed by atoms with E-state index in [0.29, 0.717) is 12.2 Å². The van der Waals surface area contributed by atoms with E-state index in [9.17, 15) is 16.8 Å². The van der Waals surface area contributed by atoms with Gasteiger partial charge in [-0.3, -0.25) is 4.98 Å². The van der Waals surface area contributed by atoms with Crippen molar-refractivity contribution in [2.24, 2.45) is 0 Å². The van der Waals surface area contributed by atoms with Gasteiger partial charge in [0.05, 0.1) is 11.4 Å². The van der Waals surface area contributed by atoms with Gasteiger partial charge in [0.2, 0.25) is 10.0 Å². The lowest BCUT2D eigenvalue weighted by Crippen LogP contribution is -2.27. The molecule has 9 heteroatoms. The molecule has 1 aromatic rings. The zero-order valence-corrected chi connectivity index (χ0v) is 13.8. The minimum absolute atomic E-state index is 0.0521. The fraction of sp³-hybridized carbons (Fsp3) is 0.583. The number of aromatic nitrogens is 1. The van der Waals surface area contributed by atoms with E-state index in [2.05, 4.69) is 15.0 Å². The summed E-state index contributed by atoms with van der Waals surface area (Å²) in [6.07, 6.45) is 5.01. The summed E-state index contributed by atoms with van der Waals surface area (Å²) < 4.78 is 48.8. The van der Waals surface area contributed by atoms with Crippen molar-refractivity contribution in [1.29, 1.82) is 0 Å². The molecule has 1 heterocycles. The number of hydrogen-bond acceptors (Lipinski definition) is 6. The van der Waals surface area contributed by atoms with E-state index in [1.54, 1.807) is 6.07 Å². The van der Waals surface area contributed by atoms with Gasteiger partial charge in [0.1, 0.15) is 14.7 Å². The largest absolute Gasteiger partial charge is 0.384 e. The molecule has 7 nitrogen and oxygen atoms in total. The van der Waals surface area contributed by atoms with Gasteiger partial charge in [-0.15, -0.1) is 0 Å². The van der Waals surface area contributed by atoms with E-state index in [1.165, 1.54) is 12.4 Å². The van der Waals surface area contributed by atoms with Crippen LogP contribution in [0.5, 0.6) is 0 Å². The summed E-state index contributed by atoms with van der Waals surface area (Å²) in [6, 6.07) is 1.60. The molecule has 0 atom stereocenters. The quantitative estimate of drug-likeness (QED) is 0.641. The predicted octanol–water partition coefficient (Wildman–Crippen LogP) is 0.616. The highest BCUT2D eigenvalue weighted by atomic mass is 32.2. The highest BCUT2D eigenvalue weighted by molar-refractivity contribution is 7.90. The topological polar surface area (TPSA) is 105 Å². The Labute approximate surface area is 126 Å². The van der Waals surface area contributed by atoms with E-state index in [-0.39, 0.29) is 23.6 Å². The minimum atomic E-state index is -3.71. The number of pyridine rings is 1. The van der Waals surface area contributed by atoms with Crippen molar-refractivity contribution in [2.75, 3.05) is 30.4 Å². The van der Waals surface area contributed by atoms with Crippen molar-refractivity contribution in [2.45, 2.75) is 24.7 Å². The molecule has 0 saturated carbocycles. The first kappa shape index (κ1) is 17.9. The maximum atomic E-state index is 12.2. The molecule has 0 saturated heterocycles. The minimum Gasteiger partial charge on any atom is -0.384 e. The average Bonchev–Trinajstić information content (AvgIpc) is 2.41. The van der Waals surface area contributed by atoms with Crippen LogP contribution in [-0.4, -0.2) is 46.9 Å². The maximum absolute atomic E-state index is 12.2. The third-order valence-electron chi connectivity index (χ3n) is 2.62. The molecule has 1 aromatic heterocycles. The smallest absolute Gasteiger partial charge is 0.244 e. The van der Waals surface area contributed by atoms with E-state index >= 15 is 0 Å². The van der Waals surface area contributed by atoms with Crippen LogP contribution in [0, 0.1) is 0 Å². The van der Waals surface area contributed by atoms with Crippen LogP contribution in [0.4, 0.5) is 5.69 Å². The van der Waals surface area contributed by atoms with Gasteiger partial charge in [-0.05, 0) is 18.9 Å². The summed E-state index contributed by atoms with van der Waals surface area (Å²) in [5, 5.41) is 3.03. The van der Waals surface area contributed by atoms with E-state index in [0.717, 1.165) is 12.7 Å². The van der Waals surface area contributed by atoms with Crippen LogP contribution in [0.25, 0.3) is 0 Å². The highest BCUT2D eigenvalue weighted by Crippen LogP contribution is 2.19. The molecule has 0 aromatic carbocycles. The van der Waals surface area contributed by atoms with Crippen molar-refractivity contribution in [3.8, 4) is 0 Å². The van der Waals surface area contributed by atoms with Crippen LogP contribution in [0.15, 0.2) is 23.4 Å². The van der Waals surface area contributed by atoms with Gasteiger partial charge < -0.3 is 5.32 Å². The SMILES string of the molecule is CCCNc1ccncc1S(=O)(=O)NCCCS(C)(=O)=O. The lowest BCUT2D eigenvalue weighted by atomic mass is 10.4. The molecule has 120 valence electrons. The number of anilines is 1. The molecule has 1 rings (SSSR count). The van der Waals surface area contributed by atoms with Crippen LogP contribution in [-0.2, 0) is 19.9 Å². The molecule has 0 spiro atoms. The zero-order chi connectivity index (χ0) is 15.9. The number of rotatable bonds is 9. The van der Waals surface area contributed by atoms with Crippen LogP contribution in [0.2, 0.25) is 0 Å². The molecule has 0 unspecified atom stereocenters. The normalized spacial score (nSPS) is 12.3. The van der Waals surface area contributed by atoms with Gasteiger partial charge >= 0.3 is 0 Å². The second-order valence-corrected chi connectivity index (χ2v) is 8.67. The Morgan fingerprint density at radius 3 is 2.52 bits per heavy atom.